The highest BCUT2D eigenvalue weighted by atomic mass is 35.5. The molecule has 6 heteroatoms. The summed E-state index contributed by atoms with van der Waals surface area (Å²) in [6, 6.07) is 19.5. The van der Waals surface area contributed by atoms with Crippen LogP contribution in [0.1, 0.15) is 18.9 Å². The molecule has 0 aliphatic carbocycles. The average Bonchev–Trinajstić information content (AvgIpc) is 2.73. The molecule has 3 aromatic carbocycles. The summed E-state index contributed by atoms with van der Waals surface area (Å²) in [5.74, 6) is 2.07. The van der Waals surface area contributed by atoms with E-state index in [9.17, 15) is 4.79 Å². The number of amides is 1. The highest BCUT2D eigenvalue weighted by molar-refractivity contribution is 7.98. The molecule has 0 spiro atoms. The topological polar surface area (TPSA) is 38.3 Å². The van der Waals surface area contributed by atoms with Gasteiger partial charge in [0.1, 0.15) is 5.75 Å². The third-order valence-electron chi connectivity index (χ3n) is 4.52. The number of ether oxygens (including phenoxy) is 1. The third kappa shape index (κ3) is 6.05. The number of rotatable bonds is 9. The lowest BCUT2D eigenvalue weighted by molar-refractivity contribution is -0.127. The predicted molar refractivity (Wildman–Crippen MR) is 124 cm³/mol. The Hall–Kier alpha value is -1.88. The molecule has 0 bridgehead atoms. The minimum atomic E-state index is -0.515. The van der Waals surface area contributed by atoms with Gasteiger partial charge in [-0.2, -0.15) is 11.8 Å². The molecule has 0 aliphatic rings. The van der Waals surface area contributed by atoms with Crippen molar-refractivity contribution in [2.75, 3.05) is 12.3 Å². The van der Waals surface area contributed by atoms with Gasteiger partial charge in [0, 0.05) is 28.1 Å². The molecule has 3 rings (SSSR count). The van der Waals surface area contributed by atoms with E-state index in [1.807, 2.05) is 61.5 Å². The van der Waals surface area contributed by atoms with Crippen LogP contribution >= 0.6 is 35.0 Å². The fourth-order valence-corrected chi connectivity index (χ4v) is 4.53. The zero-order chi connectivity index (χ0) is 20.6. The molecule has 152 valence electrons. The summed E-state index contributed by atoms with van der Waals surface area (Å²) in [5, 5.41) is 6.54. The first-order valence-electron chi connectivity index (χ1n) is 9.52. The van der Waals surface area contributed by atoms with E-state index in [2.05, 4.69) is 11.4 Å². The highest BCUT2D eigenvalue weighted by Gasteiger charge is 2.18. The molecule has 0 aliphatic heterocycles. The van der Waals surface area contributed by atoms with Crippen molar-refractivity contribution in [3.63, 3.8) is 0 Å². The number of carbonyl (C=O) groups is 1. The second-order valence-corrected chi connectivity index (χ2v) is 8.49. The van der Waals surface area contributed by atoms with E-state index < -0.39 is 6.10 Å². The van der Waals surface area contributed by atoms with Crippen LogP contribution < -0.4 is 10.1 Å². The van der Waals surface area contributed by atoms with Gasteiger partial charge in [0.05, 0.1) is 0 Å². The number of hydrogen-bond donors (Lipinski definition) is 1. The second kappa shape index (κ2) is 10.8. The maximum Gasteiger partial charge on any atom is 0.261 e. The van der Waals surface area contributed by atoms with Gasteiger partial charge >= 0.3 is 0 Å². The monoisotopic (exact) mass is 447 g/mol. The molecule has 0 radical (unpaired) electrons. The van der Waals surface area contributed by atoms with Crippen molar-refractivity contribution in [2.45, 2.75) is 25.2 Å². The Bertz CT molecular complexity index is 960. The van der Waals surface area contributed by atoms with Gasteiger partial charge in [-0.15, -0.1) is 0 Å². The van der Waals surface area contributed by atoms with E-state index in [0.717, 1.165) is 22.1 Å². The quantitative estimate of drug-likeness (QED) is 0.388. The van der Waals surface area contributed by atoms with Crippen LogP contribution in [0.15, 0.2) is 60.7 Å². The first-order valence-corrected chi connectivity index (χ1v) is 11.4. The lowest BCUT2D eigenvalue weighted by atomic mass is 10.1. The van der Waals surface area contributed by atoms with E-state index in [-0.39, 0.29) is 5.91 Å². The molecule has 1 N–H and O–H groups in total. The van der Waals surface area contributed by atoms with Crippen LogP contribution in [0, 0.1) is 0 Å². The third-order valence-corrected chi connectivity index (χ3v) is 6.21. The zero-order valence-corrected chi connectivity index (χ0v) is 18.5. The average molecular weight is 448 g/mol. The van der Waals surface area contributed by atoms with Gasteiger partial charge in [-0.3, -0.25) is 4.79 Å². The molecule has 3 nitrogen and oxygen atoms in total. The number of hydrogen-bond acceptors (Lipinski definition) is 3. The number of carbonyl (C=O) groups excluding carboxylic acids is 1. The maximum atomic E-state index is 12.5. The van der Waals surface area contributed by atoms with Crippen molar-refractivity contribution in [3.05, 3.63) is 76.3 Å². The molecule has 0 heterocycles. The van der Waals surface area contributed by atoms with E-state index in [0.29, 0.717) is 34.5 Å². The van der Waals surface area contributed by atoms with Crippen molar-refractivity contribution in [3.8, 4) is 5.75 Å². The summed E-state index contributed by atoms with van der Waals surface area (Å²) in [5.41, 5.74) is 0.929. The summed E-state index contributed by atoms with van der Waals surface area (Å²) in [6.45, 7) is 2.50. The van der Waals surface area contributed by atoms with Gasteiger partial charge in [0.15, 0.2) is 6.10 Å². The number of thioether (sulfide) groups is 1. The van der Waals surface area contributed by atoms with Crippen molar-refractivity contribution in [2.24, 2.45) is 0 Å². The maximum absolute atomic E-state index is 12.5. The Labute approximate surface area is 185 Å². The van der Waals surface area contributed by atoms with Gasteiger partial charge in [0.2, 0.25) is 0 Å². The lowest BCUT2D eigenvalue weighted by Crippen LogP contribution is -2.39. The Balaban J connectivity index is 1.47. The zero-order valence-electron chi connectivity index (χ0n) is 16.2. The SMILES string of the molecule is CC[C@H](Oc1ccc2ccccc2c1)C(=O)NCCSCc1c(Cl)cccc1Cl. The molecular weight excluding hydrogens is 425 g/mol. The Morgan fingerprint density at radius 2 is 1.76 bits per heavy atom. The van der Waals surface area contributed by atoms with Crippen LogP contribution in [-0.2, 0) is 10.5 Å². The largest absolute Gasteiger partial charge is 0.481 e. The Morgan fingerprint density at radius 1 is 1.03 bits per heavy atom. The minimum Gasteiger partial charge on any atom is -0.481 e. The molecule has 1 atom stereocenters. The van der Waals surface area contributed by atoms with Gasteiger partial charge in [-0.1, -0.05) is 66.5 Å². The number of nitrogens with one attached hydrogen (secondary N) is 1. The van der Waals surface area contributed by atoms with E-state index in [1.165, 1.54) is 0 Å². The fraction of sp³-hybridized carbons (Fsp3) is 0.261. The van der Waals surface area contributed by atoms with Crippen LogP contribution in [0.5, 0.6) is 5.75 Å². The summed E-state index contributed by atoms with van der Waals surface area (Å²) in [4.78, 5) is 12.5. The van der Waals surface area contributed by atoms with Crippen molar-refractivity contribution >= 4 is 51.6 Å². The van der Waals surface area contributed by atoms with Gasteiger partial charge in [-0.05, 0) is 47.0 Å². The number of halogens is 2. The van der Waals surface area contributed by atoms with Crippen molar-refractivity contribution in [1.29, 1.82) is 0 Å². The lowest BCUT2D eigenvalue weighted by Gasteiger charge is -2.17. The van der Waals surface area contributed by atoms with E-state index in [1.54, 1.807) is 11.8 Å². The fourth-order valence-electron chi connectivity index (χ4n) is 2.93. The molecule has 0 unspecified atom stereocenters. The van der Waals surface area contributed by atoms with Crippen LogP contribution in [0.3, 0.4) is 0 Å². The van der Waals surface area contributed by atoms with Crippen LogP contribution in [-0.4, -0.2) is 24.3 Å². The highest BCUT2D eigenvalue weighted by Crippen LogP contribution is 2.28. The minimum absolute atomic E-state index is 0.1000. The predicted octanol–water partition coefficient (Wildman–Crippen LogP) is 6.35. The van der Waals surface area contributed by atoms with Crippen LogP contribution in [0.25, 0.3) is 10.8 Å². The summed E-state index contributed by atoms with van der Waals surface area (Å²) in [7, 11) is 0. The van der Waals surface area contributed by atoms with Crippen LogP contribution in [0.2, 0.25) is 10.0 Å². The smallest absolute Gasteiger partial charge is 0.261 e. The number of benzene rings is 3. The first-order chi connectivity index (χ1) is 14.1. The summed E-state index contributed by atoms with van der Waals surface area (Å²) >= 11 is 14.0. The molecule has 29 heavy (non-hydrogen) atoms. The first kappa shape index (κ1) is 21.8. The van der Waals surface area contributed by atoms with Crippen molar-refractivity contribution in [1.82, 2.24) is 5.32 Å². The van der Waals surface area contributed by atoms with E-state index >= 15 is 0 Å². The summed E-state index contributed by atoms with van der Waals surface area (Å²) in [6.07, 6.45) is 0.0836. The Kier molecular flexibility index (Phi) is 8.10. The molecule has 3 aromatic rings. The molecule has 1 amide bonds. The molecule has 0 aromatic heterocycles. The molecule has 0 saturated carbocycles. The van der Waals surface area contributed by atoms with E-state index in [4.69, 9.17) is 27.9 Å². The standard InChI is InChI=1S/C23H23Cl2NO2S/c1-2-22(28-18-11-10-16-6-3-4-7-17(16)14-18)23(27)26-12-13-29-15-19-20(24)8-5-9-21(19)25/h3-11,14,22H,2,12-13,15H2,1H3,(H,26,27)/t22-/m0/s1. The Morgan fingerprint density at radius 3 is 2.48 bits per heavy atom. The molecule has 0 fully saturated rings. The second-order valence-electron chi connectivity index (χ2n) is 6.57. The normalized spacial score (nSPS) is 12.0. The van der Waals surface area contributed by atoms with Gasteiger partial charge < -0.3 is 10.1 Å². The van der Waals surface area contributed by atoms with Crippen molar-refractivity contribution < 1.29 is 9.53 Å². The van der Waals surface area contributed by atoms with Crippen LogP contribution in [0.4, 0.5) is 0 Å². The van der Waals surface area contributed by atoms with Gasteiger partial charge in [0.25, 0.3) is 5.91 Å². The molecule has 0 saturated heterocycles. The molecular formula is C23H23Cl2NO2S. The van der Waals surface area contributed by atoms with Gasteiger partial charge in [-0.25, -0.2) is 0 Å². The number of fused-ring (bicyclic) bond motifs is 1. The summed E-state index contributed by atoms with van der Waals surface area (Å²) < 4.78 is 5.94.